The van der Waals surface area contributed by atoms with E-state index >= 15 is 0 Å². The minimum absolute atomic E-state index is 0.0598. The van der Waals surface area contributed by atoms with E-state index in [1.165, 1.54) is 18.2 Å². The summed E-state index contributed by atoms with van der Waals surface area (Å²) in [5.41, 5.74) is 0.704. The van der Waals surface area contributed by atoms with E-state index in [0.29, 0.717) is 5.69 Å². The lowest BCUT2D eigenvalue weighted by Gasteiger charge is -2.10. The highest BCUT2D eigenvalue weighted by Crippen LogP contribution is 2.25. The van der Waals surface area contributed by atoms with Crippen LogP contribution in [0.2, 0.25) is 5.02 Å². The Bertz CT molecular complexity index is 763. The zero-order chi connectivity index (χ0) is 15.5. The molecule has 4 nitrogen and oxygen atoms in total. The summed E-state index contributed by atoms with van der Waals surface area (Å²) in [5, 5.41) is 0.171. The van der Waals surface area contributed by atoms with E-state index in [9.17, 15) is 13.2 Å². The monoisotopic (exact) mass is 387 g/mol. The number of nitrogens with one attached hydrogen (secondary N) is 1. The molecule has 0 aliphatic rings. The smallest absolute Gasteiger partial charge is 0.263 e. The summed E-state index contributed by atoms with van der Waals surface area (Å²) in [7, 11) is -3.86. The second kappa shape index (κ2) is 6.60. The molecular formula is C14H11BrClNO3S. The average molecular weight is 389 g/mol. The molecule has 2 aromatic rings. The van der Waals surface area contributed by atoms with Gasteiger partial charge < -0.3 is 0 Å². The van der Waals surface area contributed by atoms with Crippen LogP contribution in [0.4, 0.5) is 5.69 Å². The average Bonchev–Trinajstić information content (AvgIpc) is 2.47. The maximum Gasteiger partial charge on any atom is 0.263 e. The van der Waals surface area contributed by atoms with E-state index in [-0.39, 0.29) is 26.6 Å². The van der Waals surface area contributed by atoms with E-state index in [1.807, 2.05) is 0 Å². The number of para-hydroxylation sites is 1. The molecule has 2 rings (SSSR count). The molecule has 0 amide bonds. The Balaban J connectivity index is 2.42. The van der Waals surface area contributed by atoms with Gasteiger partial charge in [0, 0.05) is 11.3 Å². The summed E-state index contributed by atoms with van der Waals surface area (Å²) in [4.78, 5) is 11.5. The molecule has 0 bridgehead atoms. The van der Waals surface area contributed by atoms with E-state index < -0.39 is 10.0 Å². The van der Waals surface area contributed by atoms with Crippen molar-refractivity contribution in [3.63, 3.8) is 0 Å². The summed E-state index contributed by atoms with van der Waals surface area (Å²) in [6, 6.07) is 12.6. The van der Waals surface area contributed by atoms with Crippen LogP contribution < -0.4 is 4.72 Å². The number of sulfonamides is 1. The lowest BCUT2D eigenvalue weighted by atomic mass is 10.1. The van der Waals surface area contributed by atoms with Gasteiger partial charge in [0.25, 0.3) is 10.0 Å². The Labute approximate surface area is 136 Å². The third-order valence-corrected chi connectivity index (χ3v) is 5.06. The van der Waals surface area contributed by atoms with Gasteiger partial charge in [-0.25, -0.2) is 8.42 Å². The molecule has 0 saturated carbocycles. The Morgan fingerprint density at radius 3 is 2.43 bits per heavy atom. The molecule has 0 spiro atoms. The molecule has 0 radical (unpaired) electrons. The summed E-state index contributed by atoms with van der Waals surface area (Å²) in [5.74, 6) is -0.220. The van der Waals surface area contributed by atoms with Crippen LogP contribution in [0.3, 0.4) is 0 Å². The van der Waals surface area contributed by atoms with Crippen molar-refractivity contribution >= 4 is 49.0 Å². The molecule has 0 aromatic heterocycles. The van der Waals surface area contributed by atoms with Crippen LogP contribution in [0, 0.1) is 0 Å². The number of benzene rings is 2. The Kier molecular flexibility index (Phi) is 5.03. The van der Waals surface area contributed by atoms with Gasteiger partial charge in [0.05, 0.1) is 10.4 Å². The van der Waals surface area contributed by atoms with Gasteiger partial charge in [-0.2, -0.15) is 0 Å². The molecule has 0 fully saturated rings. The highest BCUT2D eigenvalue weighted by molar-refractivity contribution is 9.09. The predicted octanol–water partition coefficient (Wildman–Crippen LogP) is 3.72. The third kappa shape index (κ3) is 3.84. The number of carbonyl (C=O) groups is 1. The number of carbonyl (C=O) groups excluding carboxylic acids is 1. The second-order valence-electron chi connectivity index (χ2n) is 4.17. The van der Waals surface area contributed by atoms with E-state index in [2.05, 4.69) is 20.7 Å². The van der Waals surface area contributed by atoms with Crippen molar-refractivity contribution in [2.75, 3.05) is 10.1 Å². The quantitative estimate of drug-likeness (QED) is 0.627. The van der Waals surface area contributed by atoms with Gasteiger partial charge in [0.1, 0.15) is 4.90 Å². The van der Waals surface area contributed by atoms with Crippen LogP contribution >= 0.6 is 27.5 Å². The lowest BCUT2D eigenvalue weighted by Crippen LogP contribution is -2.14. The maximum atomic E-state index is 12.4. The summed E-state index contributed by atoms with van der Waals surface area (Å²) in [6.07, 6.45) is 0. The number of alkyl halides is 1. The molecule has 0 saturated heterocycles. The molecule has 0 aliphatic heterocycles. The van der Waals surface area contributed by atoms with E-state index in [1.54, 1.807) is 30.3 Å². The number of anilines is 1. The SMILES string of the molecule is O=C(CBr)c1ccc(Cl)c(S(=O)(=O)Nc2ccccc2)c1. The fraction of sp³-hybridized carbons (Fsp3) is 0.0714. The number of halogens is 2. The van der Waals surface area contributed by atoms with Gasteiger partial charge in [0.2, 0.25) is 0 Å². The van der Waals surface area contributed by atoms with Crippen LogP contribution in [-0.4, -0.2) is 19.5 Å². The first-order valence-corrected chi connectivity index (χ1v) is 8.89. The van der Waals surface area contributed by atoms with E-state index in [0.717, 1.165) is 0 Å². The maximum absolute atomic E-state index is 12.4. The molecule has 2 aromatic carbocycles. The van der Waals surface area contributed by atoms with Crippen molar-refractivity contribution in [2.24, 2.45) is 0 Å². The van der Waals surface area contributed by atoms with Gasteiger partial charge >= 0.3 is 0 Å². The van der Waals surface area contributed by atoms with Crippen molar-refractivity contribution in [3.05, 3.63) is 59.1 Å². The van der Waals surface area contributed by atoms with E-state index in [4.69, 9.17) is 11.6 Å². The summed E-state index contributed by atoms with van der Waals surface area (Å²) in [6.45, 7) is 0. The third-order valence-electron chi connectivity index (χ3n) is 2.69. The molecule has 0 unspecified atom stereocenters. The second-order valence-corrected chi connectivity index (χ2v) is 6.79. The first-order valence-electron chi connectivity index (χ1n) is 5.90. The molecule has 21 heavy (non-hydrogen) atoms. The number of hydrogen-bond donors (Lipinski definition) is 1. The first-order chi connectivity index (χ1) is 9.94. The van der Waals surface area contributed by atoms with Gasteiger partial charge in [-0.3, -0.25) is 9.52 Å². The van der Waals surface area contributed by atoms with Crippen LogP contribution in [0.5, 0.6) is 0 Å². The van der Waals surface area contributed by atoms with Gasteiger partial charge in [-0.1, -0.05) is 45.7 Å². The number of Topliss-reactive ketones (excluding diaryl/α,β-unsaturated/α-hetero) is 1. The van der Waals surface area contributed by atoms with Gasteiger partial charge in [-0.15, -0.1) is 0 Å². The molecular weight excluding hydrogens is 378 g/mol. The fourth-order valence-corrected chi connectivity index (χ4v) is 3.59. The molecule has 7 heteroatoms. The van der Waals surface area contributed by atoms with Crippen molar-refractivity contribution in [2.45, 2.75) is 4.90 Å². The van der Waals surface area contributed by atoms with Crippen molar-refractivity contribution in [1.29, 1.82) is 0 Å². The summed E-state index contributed by atoms with van der Waals surface area (Å²) < 4.78 is 27.2. The minimum atomic E-state index is -3.86. The summed E-state index contributed by atoms with van der Waals surface area (Å²) >= 11 is 9.00. The predicted molar refractivity (Wildman–Crippen MR) is 86.8 cm³/mol. The molecule has 0 atom stereocenters. The highest BCUT2D eigenvalue weighted by Gasteiger charge is 2.20. The van der Waals surface area contributed by atoms with Crippen LogP contribution in [0.1, 0.15) is 10.4 Å². The van der Waals surface area contributed by atoms with Gasteiger partial charge in [-0.05, 0) is 30.3 Å². The minimum Gasteiger partial charge on any atom is -0.293 e. The number of ketones is 1. The number of rotatable bonds is 5. The molecule has 0 aliphatic carbocycles. The zero-order valence-corrected chi connectivity index (χ0v) is 13.9. The van der Waals surface area contributed by atoms with Crippen LogP contribution in [0.25, 0.3) is 0 Å². The Morgan fingerprint density at radius 1 is 1.14 bits per heavy atom. The zero-order valence-electron chi connectivity index (χ0n) is 10.7. The topological polar surface area (TPSA) is 63.2 Å². The fourth-order valence-electron chi connectivity index (χ4n) is 1.68. The van der Waals surface area contributed by atoms with Crippen molar-refractivity contribution in [3.8, 4) is 0 Å². The molecule has 1 N–H and O–H groups in total. The number of hydrogen-bond acceptors (Lipinski definition) is 3. The van der Waals surface area contributed by atoms with Gasteiger partial charge in [0.15, 0.2) is 5.78 Å². The standard InChI is InChI=1S/C14H11BrClNO3S/c15-9-13(18)10-6-7-12(16)14(8-10)21(19,20)17-11-4-2-1-3-5-11/h1-8,17H,9H2. The Morgan fingerprint density at radius 2 is 1.81 bits per heavy atom. The lowest BCUT2D eigenvalue weighted by molar-refractivity contribution is 0.102. The largest absolute Gasteiger partial charge is 0.293 e. The highest BCUT2D eigenvalue weighted by atomic mass is 79.9. The first kappa shape index (κ1) is 16.0. The van der Waals surface area contributed by atoms with Crippen molar-refractivity contribution in [1.82, 2.24) is 0 Å². The Hall–Kier alpha value is -1.37. The van der Waals surface area contributed by atoms with Crippen molar-refractivity contribution < 1.29 is 13.2 Å². The molecule has 0 heterocycles. The van der Waals surface area contributed by atoms with Crippen LogP contribution in [0.15, 0.2) is 53.4 Å². The van der Waals surface area contributed by atoms with Crippen LogP contribution in [-0.2, 0) is 10.0 Å². The molecule has 110 valence electrons. The normalized spacial score (nSPS) is 11.1.